The smallest absolute Gasteiger partial charge is 0.280 e. The van der Waals surface area contributed by atoms with E-state index in [1.807, 2.05) is 36.4 Å². The van der Waals surface area contributed by atoms with Crippen molar-refractivity contribution in [3.63, 3.8) is 0 Å². The molecule has 0 radical (unpaired) electrons. The Balaban J connectivity index is 1.97. The van der Waals surface area contributed by atoms with Crippen LogP contribution in [0.25, 0.3) is 0 Å². The first-order valence-electron chi connectivity index (χ1n) is 7.09. The molecular formula is C17H16Br2N2O3. The Kier molecular flexibility index (Phi) is 6.81. The predicted octanol–water partition coefficient (Wildman–Crippen LogP) is 4.14. The number of rotatable bonds is 6. The van der Waals surface area contributed by atoms with E-state index in [2.05, 4.69) is 42.4 Å². The fourth-order valence-corrected chi connectivity index (χ4v) is 2.60. The highest BCUT2D eigenvalue weighted by Crippen LogP contribution is 2.25. The van der Waals surface area contributed by atoms with Crippen LogP contribution in [0.3, 0.4) is 0 Å². The maximum Gasteiger partial charge on any atom is 0.280 e. The number of halogens is 2. The third kappa shape index (κ3) is 5.07. The molecule has 2 aromatic carbocycles. The van der Waals surface area contributed by atoms with E-state index in [-0.39, 0.29) is 5.91 Å². The van der Waals surface area contributed by atoms with E-state index in [4.69, 9.17) is 9.47 Å². The van der Waals surface area contributed by atoms with E-state index in [9.17, 15) is 4.79 Å². The summed E-state index contributed by atoms with van der Waals surface area (Å²) in [5.74, 6) is 0.905. The zero-order valence-corrected chi connectivity index (χ0v) is 16.3. The van der Waals surface area contributed by atoms with Crippen LogP contribution in [0.5, 0.6) is 11.5 Å². The second-order valence-corrected chi connectivity index (χ2v) is 6.58. The summed E-state index contributed by atoms with van der Waals surface area (Å²) in [6.45, 7) is 1.66. The van der Waals surface area contributed by atoms with Gasteiger partial charge >= 0.3 is 0 Å². The number of nitrogens with zero attached hydrogens (tertiary/aromatic N) is 1. The number of ether oxygens (including phenoxy) is 2. The van der Waals surface area contributed by atoms with E-state index < -0.39 is 6.10 Å². The summed E-state index contributed by atoms with van der Waals surface area (Å²) < 4.78 is 12.5. The zero-order valence-electron chi connectivity index (χ0n) is 13.1. The summed E-state index contributed by atoms with van der Waals surface area (Å²) in [5.41, 5.74) is 3.20. The average Bonchev–Trinajstić information content (AvgIpc) is 2.57. The molecule has 0 unspecified atom stereocenters. The Morgan fingerprint density at radius 2 is 1.96 bits per heavy atom. The van der Waals surface area contributed by atoms with E-state index in [0.717, 1.165) is 14.5 Å². The summed E-state index contributed by atoms with van der Waals surface area (Å²) >= 11 is 6.76. The number of methoxy groups -OCH3 is 1. The van der Waals surface area contributed by atoms with Crippen LogP contribution in [0, 0.1) is 0 Å². The second kappa shape index (κ2) is 8.84. The predicted molar refractivity (Wildman–Crippen MR) is 101 cm³/mol. The van der Waals surface area contributed by atoms with Gasteiger partial charge in [0.25, 0.3) is 5.91 Å². The Hall–Kier alpha value is -1.86. The first-order valence-corrected chi connectivity index (χ1v) is 8.67. The molecule has 126 valence electrons. The molecule has 0 aliphatic carbocycles. The molecule has 1 amide bonds. The molecular weight excluding hydrogens is 440 g/mol. The standard InChI is InChI=1S/C17H16Br2N2O3/c1-11(24-16-6-4-3-5-14(16)19)17(22)21-20-10-12-9-13(18)7-8-15(12)23-2/h3-11H,1-2H3,(H,21,22)/b20-10-/t11-/m0/s1. The zero-order chi connectivity index (χ0) is 17.5. The van der Waals surface area contributed by atoms with Gasteiger partial charge < -0.3 is 9.47 Å². The lowest BCUT2D eigenvalue weighted by molar-refractivity contribution is -0.127. The third-order valence-electron chi connectivity index (χ3n) is 3.08. The van der Waals surface area contributed by atoms with Crippen molar-refractivity contribution in [2.24, 2.45) is 5.10 Å². The van der Waals surface area contributed by atoms with Crippen LogP contribution in [0.15, 0.2) is 56.5 Å². The normalized spacial score (nSPS) is 12.0. The molecule has 0 aromatic heterocycles. The first kappa shape index (κ1) is 18.5. The topological polar surface area (TPSA) is 59.9 Å². The molecule has 0 aliphatic heterocycles. The molecule has 0 heterocycles. The van der Waals surface area contributed by atoms with Crippen LogP contribution in [0.4, 0.5) is 0 Å². The van der Waals surface area contributed by atoms with Gasteiger partial charge in [-0.15, -0.1) is 0 Å². The van der Waals surface area contributed by atoms with Crippen molar-refractivity contribution in [2.75, 3.05) is 7.11 Å². The van der Waals surface area contributed by atoms with Crippen LogP contribution in [-0.2, 0) is 4.79 Å². The van der Waals surface area contributed by atoms with E-state index in [1.54, 1.807) is 20.1 Å². The molecule has 0 aliphatic rings. The van der Waals surface area contributed by atoms with Gasteiger partial charge in [-0.25, -0.2) is 5.43 Å². The molecule has 1 N–H and O–H groups in total. The van der Waals surface area contributed by atoms with Gasteiger partial charge in [0, 0.05) is 10.0 Å². The Bertz CT molecular complexity index is 750. The number of carbonyl (C=O) groups is 1. The Labute approximate surface area is 157 Å². The molecule has 0 bridgehead atoms. The van der Waals surface area contributed by atoms with E-state index in [0.29, 0.717) is 11.5 Å². The van der Waals surface area contributed by atoms with Gasteiger partial charge in [-0.2, -0.15) is 5.10 Å². The van der Waals surface area contributed by atoms with Gasteiger partial charge in [0.15, 0.2) is 6.10 Å². The molecule has 7 heteroatoms. The van der Waals surface area contributed by atoms with Crippen LogP contribution >= 0.6 is 31.9 Å². The molecule has 0 fully saturated rings. The maximum absolute atomic E-state index is 12.1. The molecule has 0 spiro atoms. The lowest BCUT2D eigenvalue weighted by atomic mass is 10.2. The van der Waals surface area contributed by atoms with Crippen LogP contribution in [-0.4, -0.2) is 25.3 Å². The van der Waals surface area contributed by atoms with Crippen molar-refractivity contribution in [1.29, 1.82) is 0 Å². The highest BCUT2D eigenvalue weighted by atomic mass is 79.9. The number of benzene rings is 2. The van der Waals surface area contributed by atoms with Gasteiger partial charge in [0.2, 0.25) is 0 Å². The van der Waals surface area contributed by atoms with E-state index >= 15 is 0 Å². The van der Waals surface area contributed by atoms with Gasteiger partial charge in [-0.05, 0) is 53.2 Å². The first-order chi connectivity index (χ1) is 11.5. The second-order valence-electron chi connectivity index (χ2n) is 4.81. The molecule has 24 heavy (non-hydrogen) atoms. The number of hydrazone groups is 1. The number of amides is 1. The molecule has 0 saturated heterocycles. The number of hydrogen-bond acceptors (Lipinski definition) is 4. The lowest BCUT2D eigenvalue weighted by Crippen LogP contribution is -2.33. The number of carbonyl (C=O) groups excluding carboxylic acids is 1. The summed E-state index contributed by atoms with van der Waals surface area (Å²) in [5, 5.41) is 3.96. The summed E-state index contributed by atoms with van der Waals surface area (Å²) in [4.78, 5) is 12.1. The van der Waals surface area contributed by atoms with Crippen LogP contribution < -0.4 is 14.9 Å². The monoisotopic (exact) mass is 454 g/mol. The molecule has 0 saturated carbocycles. The van der Waals surface area contributed by atoms with Crippen molar-refractivity contribution in [3.8, 4) is 11.5 Å². The van der Waals surface area contributed by atoms with Crippen LogP contribution in [0.1, 0.15) is 12.5 Å². The molecule has 2 rings (SSSR count). The number of para-hydroxylation sites is 1. The third-order valence-corrected chi connectivity index (χ3v) is 4.23. The number of hydrogen-bond donors (Lipinski definition) is 1. The highest BCUT2D eigenvalue weighted by Gasteiger charge is 2.15. The summed E-state index contributed by atoms with van der Waals surface area (Å²) in [6, 6.07) is 12.9. The number of nitrogens with one attached hydrogen (secondary N) is 1. The van der Waals surface area contributed by atoms with Crippen LogP contribution in [0.2, 0.25) is 0 Å². The van der Waals surface area contributed by atoms with Gasteiger partial charge in [-0.1, -0.05) is 28.1 Å². The molecule has 2 aromatic rings. The van der Waals surface area contributed by atoms with Crippen molar-refractivity contribution < 1.29 is 14.3 Å². The van der Waals surface area contributed by atoms with Crippen molar-refractivity contribution in [3.05, 3.63) is 57.0 Å². The minimum absolute atomic E-state index is 0.351. The minimum Gasteiger partial charge on any atom is -0.496 e. The largest absolute Gasteiger partial charge is 0.496 e. The van der Waals surface area contributed by atoms with Gasteiger partial charge in [0.05, 0.1) is 17.8 Å². The maximum atomic E-state index is 12.1. The SMILES string of the molecule is COc1ccc(Br)cc1/C=N\NC(=O)[C@H](C)Oc1ccccc1Br. The average molecular weight is 456 g/mol. The van der Waals surface area contributed by atoms with E-state index in [1.165, 1.54) is 6.21 Å². The van der Waals surface area contributed by atoms with Gasteiger partial charge in [-0.3, -0.25) is 4.79 Å². The Morgan fingerprint density at radius 3 is 2.67 bits per heavy atom. The van der Waals surface area contributed by atoms with Gasteiger partial charge in [0.1, 0.15) is 11.5 Å². The summed E-state index contributed by atoms with van der Waals surface area (Å²) in [7, 11) is 1.58. The fourth-order valence-electron chi connectivity index (χ4n) is 1.85. The fraction of sp³-hybridized carbons (Fsp3) is 0.176. The van der Waals surface area contributed by atoms with Crippen molar-refractivity contribution in [1.82, 2.24) is 5.43 Å². The lowest BCUT2D eigenvalue weighted by Gasteiger charge is -2.14. The molecule has 1 atom stereocenters. The summed E-state index contributed by atoms with van der Waals surface area (Å²) in [6.07, 6.45) is 0.831. The Morgan fingerprint density at radius 1 is 1.21 bits per heavy atom. The van der Waals surface area contributed by atoms with Crippen molar-refractivity contribution in [2.45, 2.75) is 13.0 Å². The molecule has 5 nitrogen and oxygen atoms in total. The highest BCUT2D eigenvalue weighted by molar-refractivity contribution is 9.10. The minimum atomic E-state index is -0.690. The van der Waals surface area contributed by atoms with Crippen molar-refractivity contribution >= 4 is 44.0 Å². The quantitative estimate of drug-likeness (QED) is 0.526.